The third kappa shape index (κ3) is 6.37. The number of para-hydroxylation sites is 1. The number of nitrogens with zero attached hydrogens (tertiary/aromatic N) is 1. The Morgan fingerprint density at radius 1 is 1.03 bits per heavy atom. The molecule has 1 N–H and O–H groups in total. The van der Waals surface area contributed by atoms with Crippen LogP contribution in [0.4, 0.5) is 5.69 Å². The first-order valence-electron chi connectivity index (χ1n) is 13.0. The van der Waals surface area contributed by atoms with Gasteiger partial charge >= 0.3 is 0 Å². The van der Waals surface area contributed by atoms with Crippen molar-refractivity contribution in [2.45, 2.75) is 63.3 Å². The van der Waals surface area contributed by atoms with Gasteiger partial charge in [-0.1, -0.05) is 68.8 Å². The number of amides is 2. The number of hydrogen-bond acceptors (Lipinski definition) is 4. The normalized spacial score (nSPS) is 16.6. The first-order chi connectivity index (χ1) is 17.9. The summed E-state index contributed by atoms with van der Waals surface area (Å²) in [5.41, 5.74) is 4.14. The van der Waals surface area contributed by atoms with Crippen molar-refractivity contribution in [3.63, 3.8) is 0 Å². The fourth-order valence-corrected chi connectivity index (χ4v) is 5.71. The third-order valence-corrected chi connectivity index (χ3v) is 8.35. The lowest BCUT2D eigenvalue weighted by Crippen LogP contribution is -2.47. The Bertz CT molecular complexity index is 1230. The van der Waals surface area contributed by atoms with Crippen LogP contribution >= 0.6 is 11.8 Å². The Morgan fingerprint density at radius 2 is 1.73 bits per heavy atom. The maximum Gasteiger partial charge on any atom is 0.241 e. The zero-order chi connectivity index (χ0) is 26.4. The summed E-state index contributed by atoms with van der Waals surface area (Å²) in [6.07, 6.45) is 2.12. The fraction of sp³-hybridized carbons (Fsp3) is 0.355. The minimum absolute atomic E-state index is 0.0316. The quantitative estimate of drug-likeness (QED) is 0.305. The average molecular weight is 517 g/mol. The van der Waals surface area contributed by atoms with Crippen LogP contribution in [0.15, 0.2) is 77.7 Å². The predicted octanol–water partition coefficient (Wildman–Crippen LogP) is 6.69. The van der Waals surface area contributed by atoms with Gasteiger partial charge in [0.1, 0.15) is 11.0 Å². The monoisotopic (exact) mass is 516 g/mol. The van der Waals surface area contributed by atoms with E-state index in [0.717, 1.165) is 45.9 Å². The molecule has 0 saturated heterocycles. The summed E-state index contributed by atoms with van der Waals surface area (Å²) in [5, 5.41) is 2.62. The lowest BCUT2D eigenvalue weighted by atomic mass is 10.0. The molecule has 3 atom stereocenters. The van der Waals surface area contributed by atoms with Gasteiger partial charge in [-0.25, -0.2) is 0 Å². The second-order valence-corrected chi connectivity index (χ2v) is 10.8. The molecular formula is C31H36N2O3S. The summed E-state index contributed by atoms with van der Waals surface area (Å²) in [5.74, 6) is 0.178. The van der Waals surface area contributed by atoms with Gasteiger partial charge in [-0.3, -0.25) is 9.59 Å². The van der Waals surface area contributed by atoms with Crippen molar-refractivity contribution < 1.29 is 14.3 Å². The van der Waals surface area contributed by atoms with Crippen molar-refractivity contribution in [1.29, 1.82) is 0 Å². The highest BCUT2D eigenvalue weighted by atomic mass is 32.2. The molecule has 1 heterocycles. The second-order valence-electron chi connectivity index (χ2n) is 9.65. The molecule has 3 aromatic carbocycles. The summed E-state index contributed by atoms with van der Waals surface area (Å²) in [6, 6.07) is 23.7. The number of ether oxygens (including phenoxy) is 1. The predicted molar refractivity (Wildman–Crippen MR) is 151 cm³/mol. The number of anilines is 1. The molecule has 0 radical (unpaired) electrons. The van der Waals surface area contributed by atoms with E-state index in [1.165, 1.54) is 11.8 Å². The SMILES string of the molecule is CCCCOc1ccc([C@H](C)NC(=O)[C@H](C)[C@H]2Sc3ccccc3N(Cc3ccccc3C)C2=O)cc1. The van der Waals surface area contributed by atoms with Gasteiger partial charge in [0.05, 0.1) is 30.8 Å². The molecular weight excluding hydrogens is 480 g/mol. The van der Waals surface area contributed by atoms with Gasteiger partial charge in [0.25, 0.3) is 0 Å². The van der Waals surface area contributed by atoms with Crippen LogP contribution in [0.3, 0.4) is 0 Å². The second kappa shape index (κ2) is 12.3. The molecule has 194 valence electrons. The fourth-order valence-electron chi connectivity index (χ4n) is 4.43. The summed E-state index contributed by atoms with van der Waals surface area (Å²) in [7, 11) is 0. The molecule has 2 amide bonds. The number of carbonyl (C=O) groups excluding carboxylic acids is 2. The molecule has 5 nitrogen and oxygen atoms in total. The van der Waals surface area contributed by atoms with E-state index in [9.17, 15) is 9.59 Å². The Kier molecular flexibility index (Phi) is 8.93. The van der Waals surface area contributed by atoms with Crippen molar-refractivity contribution >= 4 is 29.3 Å². The molecule has 0 saturated carbocycles. The van der Waals surface area contributed by atoms with Crippen LogP contribution < -0.4 is 15.0 Å². The van der Waals surface area contributed by atoms with Crippen LogP contribution in [-0.4, -0.2) is 23.7 Å². The van der Waals surface area contributed by atoms with E-state index >= 15 is 0 Å². The summed E-state index contributed by atoms with van der Waals surface area (Å²) in [4.78, 5) is 29.9. The first-order valence-corrected chi connectivity index (χ1v) is 13.9. The van der Waals surface area contributed by atoms with Crippen LogP contribution in [0, 0.1) is 12.8 Å². The van der Waals surface area contributed by atoms with Crippen LogP contribution in [-0.2, 0) is 16.1 Å². The van der Waals surface area contributed by atoms with Crippen LogP contribution in [0.25, 0.3) is 0 Å². The number of thioether (sulfide) groups is 1. The highest BCUT2D eigenvalue weighted by molar-refractivity contribution is 8.01. The minimum atomic E-state index is -0.500. The Morgan fingerprint density at radius 3 is 2.46 bits per heavy atom. The summed E-state index contributed by atoms with van der Waals surface area (Å²) >= 11 is 1.49. The summed E-state index contributed by atoms with van der Waals surface area (Å²) in [6.45, 7) is 9.20. The van der Waals surface area contributed by atoms with Crippen LogP contribution in [0.2, 0.25) is 0 Å². The van der Waals surface area contributed by atoms with Crippen molar-refractivity contribution in [3.8, 4) is 5.75 Å². The highest BCUT2D eigenvalue weighted by Crippen LogP contribution is 2.42. The van der Waals surface area contributed by atoms with Gasteiger partial charge in [-0.05, 0) is 61.2 Å². The molecule has 0 unspecified atom stereocenters. The number of rotatable bonds is 10. The molecule has 6 heteroatoms. The highest BCUT2D eigenvalue weighted by Gasteiger charge is 2.39. The Hall–Kier alpha value is -3.25. The van der Waals surface area contributed by atoms with Gasteiger partial charge < -0.3 is 15.0 Å². The van der Waals surface area contributed by atoms with Crippen LogP contribution in [0.1, 0.15) is 56.3 Å². The molecule has 0 spiro atoms. The third-order valence-electron chi connectivity index (χ3n) is 6.88. The molecule has 1 aliphatic heterocycles. The molecule has 0 fully saturated rings. The van der Waals surface area contributed by atoms with Gasteiger partial charge in [-0.15, -0.1) is 11.8 Å². The number of fused-ring (bicyclic) bond motifs is 1. The van der Waals surface area contributed by atoms with Gasteiger partial charge in [0, 0.05) is 4.90 Å². The molecule has 0 aromatic heterocycles. The van der Waals surface area contributed by atoms with Crippen molar-refractivity contribution in [2.75, 3.05) is 11.5 Å². The Labute approximate surface area is 224 Å². The maximum absolute atomic E-state index is 13.8. The zero-order valence-electron chi connectivity index (χ0n) is 22.1. The molecule has 37 heavy (non-hydrogen) atoms. The largest absolute Gasteiger partial charge is 0.494 e. The standard InChI is InChI=1S/C31H36N2O3S/c1-5-6-19-36-26-17-15-24(16-18-26)23(4)32-30(34)22(3)29-31(35)33(20-25-12-8-7-11-21(25)2)27-13-9-10-14-28(27)37-29/h7-18,22-23,29H,5-6,19-20H2,1-4H3,(H,32,34)/t22-,23+,29-/m1/s1. The minimum Gasteiger partial charge on any atom is -0.494 e. The molecule has 1 aliphatic rings. The zero-order valence-corrected chi connectivity index (χ0v) is 22.9. The van der Waals surface area contributed by atoms with Crippen molar-refractivity contribution in [2.24, 2.45) is 5.92 Å². The topological polar surface area (TPSA) is 58.6 Å². The van der Waals surface area contributed by atoms with Gasteiger partial charge in [-0.2, -0.15) is 0 Å². The van der Waals surface area contributed by atoms with E-state index in [1.54, 1.807) is 0 Å². The van der Waals surface area contributed by atoms with Crippen LogP contribution in [0.5, 0.6) is 5.75 Å². The number of benzene rings is 3. The first kappa shape index (κ1) is 26.8. The smallest absolute Gasteiger partial charge is 0.241 e. The van der Waals surface area contributed by atoms with E-state index in [4.69, 9.17) is 4.74 Å². The molecule has 0 aliphatic carbocycles. The number of carbonyl (C=O) groups is 2. The van der Waals surface area contributed by atoms with Crippen molar-refractivity contribution in [1.82, 2.24) is 5.32 Å². The molecule has 4 rings (SSSR count). The maximum atomic E-state index is 13.8. The van der Waals surface area contributed by atoms with Gasteiger partial charge in [0.15, 0.2) is 0 Å². The number of hydrogen-bond donors (Lipinski definition) is 1. The van der Waals surface area contributed by atoms with E-state index in [1.807, 2.05) is 79.4 Å². The molecule has 3 aromatic rings. The lowest BCUT2D eigenvalue weighted by molar-refractivity contribution is -0.128. The van der Waals surface area contributed by atoms with Crippen molar-refractivity contribution in [3.05, 3.63) is 89.5 Å². The van der Waals surface area contributed by atoms with E-state index in [-0.39, 0.29) is 17.9 Å². The van der Waals surface area contributed by atoms with E-state index in [2.05, 4.69) is 31.3 Å². The van der Waals surface area contributed by atoms with Gasteiger partial charge in [0.2, 0.25) is 11.8 Å². The number of unbranched alkanes of at least 4 members (excludes halogenated alkanes) is 1. The molecule has 0 bridgehead atoms. The van der Waals surface area contributed by atoms with E-state index < -0.39 is 11.2 Å². The van der Waals surface area contributed by atoms with E-state index in [0.29, 0.717) is 13.2 Å². The lowest BCUT2D eigenvalue weighted by Gasteiger charge is -2.36. The average Bonchev–Trinajstić information content (AvgIpc) is 2.91. The number of aryl methyl sites for hydroxylation is 1. The number of nitrogens with one attached hydrogen (secondary N) is 1. The summed E-state index contributed by atoms with van der Waals surface area (Å²) < 4.78 is 5.75. The Balaban J connectivity index is 1.46.